The van der Waals surface area contributed by atoms with Gasteiger partial charge in [0.05, 0.1) is 17.9 Å². The van der Waals surface area contributed by atoms with Crippen LogP contribution in [0.1, 0.15) is 46.5 Å². The molecule has 1 N–H and O–H groups in total. The topological polar surface area (TPSA) is 42.2 Å². The molecule has 0 fully saturated rings. The first-order valence-corrected chi connectivity index (χ1v) is 9.15. The molecule has 3 rings (SSSR count). The Labute approximate surface area is 160 Å². The summed E-state index contributed by atoms with van der Waals surface area (Å²) < 4.78 is 5.42. The highest BCUT2D eigenvalue weighted by Gasteiger charge is 2.17. The average molecular weight is 359 g/mol. The molecule has 1 aromatic heterocycles. The minimum Gasteiger partial charge on any atom is -0.465 e. The fourth-order valence-corrected chi connectivity index (χ4v) is 3.21. The minimum atomic E-state index is -0.122. The van der Waals surface area contributed by atoms with Crippen molar-refractivity contribution in [3.63, 3.8) is 0 Å². The number of nitrogens with one attached hydrogen (secondary N) is 1. The second kappa shape index (κ2) is 8.09. The summed E-state index contributed by atoms with van der Waals surface area (Å²) in [5.41, 5.74) is 6.25. The molecule has 0 bridgehead atoms. The first kappa shape index (κ1) is 18.7. The van der Waals surface area contributed by atoms with E-state index in [9.17, 15) is 4.79 Å². The summed E-state index contributed by atoms with van der Waals surface area (Å²) in [5.74, 6) is 0.529. The van der Waals surface area contributed by atoms with E-state index in [-0.39, 0.29) is 11.9 Å². The van der Waals surface area contributed by atoms with Crippen LogP contribution in [0.4, 0.5) is 0 Å². The van der Waals surface area contributed by atoms with Gasteiger partial charge in [0.25, 0.3) is 5.91 Å². The lowest BCUT2D eigenvalue weighted by Crippen LogP contribution is -2.28. The summed E-state index contributed by atoms with van der Waals surface area (Å²) >= 11 is 0. The first-order chi connectivity index (χ1) is 13.0. The molecule has 27 heavy (non-hydrogen) atoms. The van der Waals surface area contributed by atoms with Crippen LogP contribution in [0.3, 0.4) is 0 Å². The van der Waals surface area contributed by atoms with E-state index in [1.807, 2.05) is 49.4 Å². The van der Waals surface area contributed by atoms with Crippen LogP contribution in [0.5, 0.6) is 0 Å². The average Bonchev–Trinajstić information content (AvgIpc) is 3.16. The number of carbonyl (C=O) groups excluding carboxylic acids is 1. The second-order valence-corrected chi connectivity index (χ2v) is 6.93. The number of benzene rings is 2. The molecular weight excluding hydrogens is 334 g/mol. The van der Waals surface area contributed by atoms with Gasteiger partial charge in [-0.25, -0.2) is 0 Å². The van der Waals surface area contributed by atoms with Crippen LogP contribution in [-0.4, -0.2) is 5.91 Å². The van der Waals surface area contributed by atoms with Crippen LogP contribution in [0.25, 0.3) is 11.6 Å². The van der Waals surface area contributed by atoms with Crippen molar-refractivity contribution in [2.24, 2.45) is 0 Å². The van der Waals surface area contributed by atoms with Gasteiger partial charge in [0, 0.05) is 0 Å². The molecule has 0 spiro atoms. The lowest BCUT2D eigenvalue weighted by molar-refractivity contribution is -0.116. The van der Waals surface area contributed by atoms with Crippen molar-refractivity contribution in [1.29, 1.82) is 0 Å². The highest BCUT2D eigenvalue weighted by molar-refractivity contribution is 6.24. The number of amides is 1. The quantitative estimate of drug-likeness (QED) is 0.601. The summed E-state index contributed by atoms with van der Waals surface area (Å²) in [6.45, 7) is 8.31. The lowest BCUT2D eigenvalue weighted by atomic mass is 9.96. The first-order valence-electron chi connectivity index (χ1n) is 9.15. The second-order valence-electron chi connectivity index (χ2n) is 6.93. The van der Waals surface area contributed by atoms with Crippen LogP contribution in [0.15, 0.2) is 65.3 Å². The zero-order valence-electron chi connectivity index (χ0n) is 16.2. The molecule has 0 unspecified atom stereocenters. The van der Waals surface area contributed by atoms with Crippen molar-refractivity contribution >= 4 is 17.6 Å². The number of aryl methyl sites for hydroxylation is 3. The van der Waals surface area contributed by atoms with Gasteiger partial charge in [0.15, 0.2) is 0 Å². The Kier molecular flexibility index (Phi) is 5.60. The summed E-state index contributed by atoms with van der Waals surface area (Å²) in [7, 11) is 0. The van der Waals surface area contributed by atoms with Crippen molar-refractivity contribution in [2.45, 2.75) is 33.7 Å². The van der Waals surface area contributed by atoms with Gasteiger partial charge >= 0.3 is 0 Å². The van der Waals surface area contributed by atoms with E-state index in [1.165, 1.54) is 16.7 Å². The van der Waals surface area contributed by atoms with Crippen LogP contribution in [0.2, 0.25) is 0 Å². The van der Waals surface area contributed by atoms with Gasteiger partial charge in [-0.1, -0.05) is 42.5 Å². The molecule has 3 nitrogen and oxygen atoms in total. The number of carbonyl (C=O) groups is 1. The van der Waals surface area contributed by atoms with E-state index < -0.39 is 0 Å². The molecule has 1 heterocycles. The number of rotatable bonds is 5. The van der Waals surface area contributed by atoms with E-state index >= 15 is 0 Å². The molecule has 0 radical (unpaired) electrons. The third-order valence-corrected chi connectivity index (χ3v) is 4.86. The standard InChI is InChI=1S/C24H25NO2/c1-16-13-18(3)22(14-17(16)2)19(4)25-24(26)23(15-21-11-8-12-27-21)20-9-6-5-7-10-20/h5-15,19H,1-4H3,(H,25,26)/b23-15+/t19-/m1/s1. The summed E-state index contributed by atoms with van der Waals surface area (Å²) in [5, 5.41) is 3.15. The van der Waals surface area contributed by atoms with Crippen LogP contribution in [0, 0.1) is 20.8 Å². The number of furan rings is 1. The van der Waals surface area contributed by atoms with Crippen LogP contribution in [-0.2, 0) is 4.79 Å². The molecule has 0 aliphatic rings. The maximum Gasteiger partial charge on any atom is 0.252 e. The normalized spacial score (nSPS) is 12.7. The summed E-state index contributed by atoms with van der Waals surface area (Å²) in [6.07, 6.45) is 3.39. The summed E-state index contributed by atoms with van der Waals surface area (Å²) in [4.78, 5) is 13.1. The van der Waals surface area contributed by atoms with Crippen molar-refractivity contribution < 1.29 is 9.21 Å². The largest absolute Gasteiger partial charge is 0.465 e. The zero-order valence-corrected chi connectivity index (χ0v) is 16.2. The minimum absolute atomic E-state index is 0.0967. The lowest BCUT2D eigenvalue weighted by Gasteiger charge is -2.19. The molecule has 3 heteroatoms. The van der Waals surface area contributed by atoms with Gasteiger partial charge in [0.2, 0.25) is 0 Å². The van der Waals surface area contributed by atoms with Gasteiger partial charge in [-0.15, -0.1) is 0 Å². The third-order valence-electron chi connectivity index (χ3n) is 4.86. The van der Waals surface area contributed by atoms with Crippen LogP contribution >= 0.6 is 0 Å². The van der Waals surface area contributed by atoms with Gasteiger partial charge in [-0.2, -0.15) is 0 Å². The van der Waals surface area contributed by atoms with Crippen molar-refractivity contribution in [1.82, 2.24) is 5.32 Å². The maximum absolute atomic E-state index is 13.1. The van der Waals surface area contributed by atoms with Crippen molar-refractivity contribution in [3.05, 3.63) is 94.4 Å². The van der Waals surface area contributed by atoms with Gasteiger partial charge in [-0.05, 0) is 73.7 Å². The fourth-order valence-electron chi connectivity index (χ4n) is 3.21. The molecular formula is C24H25NO2. The summed E-state index contributed by atoms with van der Waals surface area (Å²) in [6, 6.07) is 17.5. The Morgan fingerprint density at radius 3 is 2.33 bits per heavy atom. The Balaban J connectivity index is 1.90. The number of hydrogen-bond acceptors (Lipinski definition) is 2. The zero-order chi connectivity index (χ0) is 19.4. The van der Waals surface area contributed by atoms with E-state index in [2.05, 4.69) is 38.2 Å². The molecule has 2 aromatic carbocycles. The predicted molar refractivity (Wildman–Crippen MR) is 110 cm³/mol. The molecule has 3 aromatic rings. The Hall–Kier alpha value is -3.07. The smallest absolute Gasteiger partial charge is 0.252 e. The van der Waals surface area contributed by atoms with E-state index in [1.54, 1.807) is 12.3 Å². The van der Waals surface area contributed by atoms with Gasteiger partial charge in [-0.3, -0.25) is 4.79 Å². The Morgan fingerprint density at radius 2 is 1.67 bits per heavy atom. The predicted octanol–water partition coefficient (Wildman–Crippen LogP) is 5.62. The fraction of sp³-hybridized carbons (Fsp3) is 0.208. The van der Waals surface area contributed by atoms with Crippen LogP contribution < -0.4 is 5.32 Å². The highest BCUT2D eigenvalue weighted by Crippen LogP contribution is 2.24. The van der Waals surface area contributed by atoms with E-state index in [0.29, 0.717) is 11.3 Å². The molecule has 0 aliphatic heterocycles. The van der Waals surface area contributed by atoms with E-state index in [0.717, 1.165) is 11.1 Å². The Bertz CT molecular complexity index is 954. The van der Waals surface area contributed by atoms with E-state index in [4.69, 9.17) is 4.42 Å². The van der Waals surface area contributed by atoms with Crippen molar-refractivity contribution in [3.8, 4) is 0 Å². The monoisotopic (exact) mass is 359 g/mol. The molecule has 0 aliphatic carbocycles. The SMILES string of the molecule is Cc1cc(C)c([C@@H](C)NC(=O)/C(=C/c2ccco2)c2ccccc2)cc1C. The van der Waals surface area contributed by atoms with Gasteiger partial charge in [0.1, 0.15) is 5.76 Å². The maximum atomic E-state index is 13.1. The molecule has 138 valence electrons. The molecule has 0 saturated carbocycles. The van der Waals surface area contributed by atoms with Crippen molar-refractivity contribution in [2.75, 3.05) is 0 Å². The molecule has 1 amide bonds. The number of hydrogen-bond donors (Lipinski definition) is 1. The third kappa shape index (κ3) is 4.37. The highest BCUT2D eigenvalue weighted by atomic mass is 16.3. The molecule has 1 atom stereocenters. The Morgan fingerprint density at radius 1 is 0.963 bits per heavy atom. The molecule has 0 saturated heterocycles. The van der Waals surface area contributed by atoms with Gasteiger partial charge < -0.3 is 9.73 Å².